The lowest BCUT2D eigenvalue weighted by atomic mass is 10.2. The van der Waals surface area contributed by atoms with Crippen molar-refractivity contribution in [1.29, 1.82) is 0 Å². The van der Waals surface area contributed by atoms with Crippen LogP contribution in [0, 0.1) is 0 Å². The van der Waals surface area contributed by atoms with Crippen LogP contribution < -0.4 is 5.84 Å². The zero-order chi connectivity index (χ0) is 9.80. The van der Waals surface area contributed by atoms with Crippen LogP contribution in [0.2, 0.25) is 0 Å². The van der Waals surface area contributed by atoms with E-state index in [4.69, 9.17) is 5.84 Å². The molecule has 0 amide bonds. The third-order valence-electron chi connectivity index (χ3n) is 1.80. The average molecular weight is 187 g/mol. The first-order valence-electron chi connectivity index (χ1n) is 4.10. The van der Waals surface area contributed by atoms with Gasteiger partial charge in [-0.2, -0.15) is 5.10 Å². The number of hydrogen-bond acceptors (Lipinski definition) is 4. The number of nitrogens with zero attached hydrogens (tertiary/aromatic N) is 4. The summed E-state index contributed by atoms with van der Waals surface area (Å²) in [7, 11) is 0. The number of hydrogen-bond donors (Lipinski definition) is 1. The van der Waals surface area contributed by atoms with Gasteiger partial charge in [0.25, 0.3) is 0 Å². The number of hydrazone groups is 1. The predicted octanol–water partition coefficient (Wildman–Crippen LogP) is 0.560. The van der Waals surface area contributed by atoms with Gasteiger partial charge in [-0.1, -0.05) is 17.3 Å². The predicted molar refractivity (Wildman–Crippen MR) is 53.1 cm³/mol. The van der Waals surface area contributed by atoms with Crippen LogP contribution in [-0.2, 0) is 0 Å². The zero-order valence-corrected chi connectivity index (χ0v) is 7.41. The van der Waals surface area contributed by atoms with Crippen molar-refractivity contribution in [2.45, 2.75) is 0 Å². The van der Waals surface area contributed by atoms with E-state index in [-0.39, 0.29) is 0 Å². The van der Waals surface area contributed by atoms with Crippen LogP contribution in [0.15, 0.2) is 41.8 Å². The second-order valence-corrected chi connectivity index (χ2v) is 2.72. The van der Waals surface area contributed by atoms with Gasteiger partial charge in [-0.25, -0.2) is 4.68 Å². The van der Waals surface area contributed by atoms with Crippen LogP contribution in [0.3, 0.4) is 0 Å². The molecule has 14 heavy (non-hydrogen) atoms. The van der Waals surface area contributed by atoms with Crippen molar-refractivity contribution >= 4 is 6.21 Å². The lowest BCUT2D eigenvalue weighted by Gasteiger charge is -1.99. The second-order valence-electron chi connectivity index (χ2n) is 2.72. The number of benzene rings is 1. The quantitative estimate of drug-likeness (QED) is 0.424. The van der Waals surface area contributed by atoms with Gasteiger partial charge >= 0.3 is 0 Å². The van der Waals surface area contributed by atoms with Gasteiger partial charge in [0.15, 0.2) is 0 Å². The molecule has 5 heteroatoms. The SMILES string of the molecule is NN=Cc1ccc(-n2ccnn2)cc1. The first kappa shape index (κ1) is 8.43. The van der Waals surface area contributed by atoms with Crippen molar-refractivity contribution < 1.29 is 0 Å². The Morgan fingerprint density at radius 1 is 1.29 bits per heavy atom. The highest BCUT2D eigenvalue weighted by Gasteiger charge is 1.95. The molecule has 5 nitrogen and oxygen atoms in total. The molecule has 1 heterocycles. The molecule has 1 aromatic carbocycles. The molecular weight excluding hydrogens is 178 g/mol. The van der Waals surface area contributed by atoms with E-state index in [0.29, 0.717) is 0 Å². The number of rotatable bonds is 2. The molecule has 0 bridgehead atoms. The van der Waals surface area contributed by atoms with Crippen molar-refractivity contribution in [2.75, 3.05) is 0 Å². The normalized spacial score (nSPS) is 10.9. The van der Waals surface area contributed by atoms with Crippen LogP contribution in [0.1, 0.15) is 5.56 Å². The highest BCUT2D eigenvalue weighted by molar-refractivity contribution is 5.79. The molecular formula is C9H9N5. The number of aromatic nitrogens is 3. The topological polar surface area (TPSA) is 69.1 Å². The van der Waals surface area contributed by atoms with Crippen LogP contribution >= 0.6 is 0 Å². The summed E-state index contributed by atoms with van der Waals surface area (Å²) in [5, 5.41) is 11.0. The van der Waals surface area contributed by atoms with Gasteiger partial charge in [-0.15, -0.1) is 5.10 Å². The van der Waals surface area contributed by atoms with E-state index in [1.165, 1.54) is 0 Å². The van der Waals surface area contributed by atoms with E-state index in [1.54, 1.807) is 23.3 Å². The molecule has 2 aromatic rings. The van der Waals surface area contributed by atoms with Crippen molar-refractivity contribution in [3.05, 3.63) is 42.2 Å². The van der Waals surface area contributed by atoms with Crippen LogP contribution in [0.4, 0.5) is 0 Å². The molecule has 0 atom stereocenters. The summed E-state index contributed by atoms with van der Waals surface area (Å²) < 4.78 is 1.68. The minimum atomic E-state index is 0.955. The van der Waals surface area contributed by atoms with E-state index < -0.39 is 0 Å². The molecule has 0 saturated carbocycles. The zero-order valence-electron chi connectivity index (χ0n) is 7.41. The fraction of sp³-hybridized carbons (Fsp3) is 0. The summed E-state index contributed by atoms with van der Waals surface area (Å²) in [4.78, 5) is 0. The maximum Gasteiger partial charge on any atom is 0.0697 e. The molecule has 2 rings (SSSR count). The fourth-order valence-electron chi connectivity index (χ4n) is 1.15. The standard InChI is InChI=1S/C9H9N5/c10-11-7-8-1-3-9(4-2-8)14-6-5-12-13-14/h1-7H,10H2. The van der Waals surface area contributed by atoms with E-state index in [9.17, 15) is 0 Å². The lowest BCUT2D eigenvalue weighted by molar-refractivity contribution is 0.803. The Morgan fingerprint density at radius 3 is 2.64 bits per heavy atom. The Hall–Kier alpha value is -2.17. The van der Waals surface area contributed by atoms with E-state index in [0.717, 1.165) is 11.3 Å². The molecule has 0 spiro atoms. The van der Waals surface area contributed by atoms with Crippen molar-refractivity contribution in [3.8, 4) is 5.69 Å². The minimum absolute atomic E-state index is 0.955. The Balaban J connectivity index is 2.31. The first-order chi connectivity index (χ1) is 6.90. The summed E-state index contributed by atoms with van der Waals surface area (Å²) in [5.74, 6) is 5.04. The van der Waals surface area contributed by atoms with E-state index in [1.807, 2.05) is 24.3 Å². The summed E-state index contributed by atoms with van der Waals surface area (Å²) >= 11 is 0. The summed E-state index contributed by atoms with van der Waals surface area (Å²) in [6, 6.07) is 7.66. The molecule has 0 unspecified atom stereocenters. The van der Waals surface area contributed by atoms with Gasteiger partial charge in [-0.3, -0.25) is 0 Å². The van der Waals surface area contributed by atoms with Crippen LogP contribution in [0.25, 0.3) is 5.69 Å². The molecule has 0 radical (unpaired) electrons. The molecule has 0 aliphatic rings. The van der Waals surface area contributed by atoms with Gasteiger partial charge in [0.2, 0.25) is 0 Å². The first-order valence-corrected chi connectivity index (χ1v) is 4.10. The Labute approximate surface area is 80.9 Å². The smallest absolute Gasteiger partial charge is 0.0697 e. The summed E-state index contributed by atoms with van der Waals surface area (Å²) in [6.45, 7) is 0. The molecule has 1 aromatic heterocycles. The van der Waals surface area contributed by atoms with E-state index >= 15 is 0 Å². The molecule has 0 fully saturated rings. The Bertz CT molecular complexity index is 415. The lowest BCUT2D eigenvalue weighted by Crippen LogP contribution is -1.95. The molecule has 0 aliphatic carbocycles. The Kier molecular flexibility index (Phi) is 2.22. The largest absolute Gasteiger partial charge is 0.323 e. The maximum atomic E-state index is 5.04. The van der Waals surface area contributed by atoms with Crippen LogP contribution in [-0.4, -0.2) is 21.2 Å². The van der Waals surface area contributed by atoms with Crippen molar-refractivity contribution in [3.63, 3.8) is 0 Å². The van der Waals surface area contributed by atoms with Gasteiger partial charge < -0.3 is 5.84 Å². The average Bonchev–Trinajstić information content (AvgIpc) is 2.72. The fourth-order valence-corrected chi connectivity index (χ4v) is 1.15. The maximum absolute atomic E-state index is 5.04. The van der Waals surface area contributed by atoms with Gasteiger partial charge in [0, 0.05) is 0 Å². The summed E-state index contributed by atoms with van der Waals surface area (Å²) in [6.07, 6.45) is 5.01. The highest BCUT2D eigenvalue weighted by atomic mass is 15.4. The third-order valence-corrected chi connectivity index (χ3v) is 1.80. The van der Waals surface area contributed by atoms with Gasteiger partial charge in [0.05, 0.1) is 24.3 Å². The highest BCUT2D eigenvalue weighted by Crippen LogP contribution is 2.06. The molecule has 2 N–H and O–H groups in total. The van der Waals surface area contributed by atoms with Gasteiger partial charge in [0.1, 0.15) is 0 Å². The van der Waals surface area contributed by atoms with E-state index in [2.05, 4.69) is 15.4 Å². The third kappa shape index (κ3) is 1.61. The molecule has 0 saturated heterocycles. The van der Waals surface area contributed by atoms with Crippen LogP contribution in [0.5, 0.6) is 0 Å². The minimum Gasteiger partial charge on any atom is -0.323 e. The second kappa shape index (κ2) is 3.69. The van der Waals surface area contributed by atoms with Crippen molar-refractivity contribution in [1.82, 2.24) is 15.0 Å². The van der Waals surface area contributed by atoms with Gasteiger partial charge in [-0.05, 0) is 17.7 Å². The Morgan fingerprint density at radius 2 is 2.07 bits per heavy atom. The molecule has 70 valence electrons. The van der Waals surface area contributed by atoms with Crippen molar-refractivity contribution in [2.24, 2.45) is 10.9 Å². The molecule has 0 aliphatic heterocycles. The summed E-state index contributed by atoms with van der Waals surface area (Å²) in [5.41, 5.74) is 1.91. The monoisotopic (exact) mass is 187 g/mol. The number of nitrogens with two attached hydrogens (primary N) is 1.